The SMILES string of the molecule is Cc1n[c]([Bi])cc(-c2c(C)ccc3c2oc2ccccc23)n1. The molecule has 4 rings (SSSR count). The molecule has 0 aliphatic rings. The van der Waals surface area contributed by atoms with Crippen LogP contribution < -0.4 is 3.40 Å². The van der Waals surface area contributed by atoms with E-state index < -0.39 is 0 Å². The fraction of sp³-hybridized carbons (Fsp3) is 0.111. The second-order valence-corrected chi connectivity index (χ2v) is 7.17. The second kappa shape index (κ2) is 5.13. The predicted octanol–water partition coefficient (Wildman–Crippen LogP) is 3.45. The van der Waals surface area contributed by atoms with Gasteiger partial charge in [0.05, 0.1) is 0 Å². The quantitative estimate of drug-likeness (QED) is 0.391. The summed E-state index contributed by atoms with van der Waals surface area (Å²) in [5.74, 6) is 0.808. The maximum absolute atomic E-state index is 6.15. The number of hydrogen-bond acceptors (Lipinski definition) is 3. The van der Waals surface area contributed by atoms with Crippen molar-refractivity contribution in [1.29, 1.82) is 0 Å². The molecular weight excluding hydrogens is 469 g/mol. The molecule has 0 spiro atoms. The number of aromatic nitrogens is 2. The van der Waals surface area contributed by atoms with Crippen molar-refractivity contribution in [2.75, 3.05) is 0 Å². The van der Waals surface area contributed by atoms with Gasteiger partial charge in [0.2, 0.25) is 0 Å². The van der Waals surface area contributed by atoms with Crippen LogP contribution in [0.5, 0.6) is 0 Å². The number of nitrogens with zero attached hydrogens (tertiary/aromatic N) is 2. The van der Waals surface area contributed by atoms with E-state index in [1.165, 1.54) is 5.56 Å². The normalized spacial score (nSPS) is 11.4. The van der Waals surface area contributed by atoms with Gasteiger partial charge in [-0.1, -0.05) is 0 Å². The Kier molecular flexibility index (Phi) is 3.23. The molecule has 0 aliphatic heterocycles. The number of para-hydroxylation sites is 1. The van der Waals surface area contributed by atoms with Crippen LogP contribution in [-0.2, 0) is 0 Å². The van der Waals surface area contributed by atoms with Gasteiger partial charge in [-0.05, 0) is 0 Å². The van der Waals surface area contributed by atoms with Gasteiger partial charge in [0.25, 0.3) is 0 Å². The van der Waals surface area contributed by atoms with Gasteiger partial charge >= 0.3 is 143 Å². The summed E-state index contributed by atoms with van der Waals surface area (Å²) in [6.07, 6.45) is 0. The van der Waals surface area contributed by atoms with E-state index in [1.54, 1.807) is 0 Å². The van der Waals surface area contributed by atoms with Gasteiger partial charge in [-0.2, -0.15) is 0 Å². The van der Waals surface area contributed by atoms with Crippen LogP contribution in [-0.4, -0.2) is 34.7 Å². The standard InChI is InChI=1S/C18H13N2O.Bi/c1-11-7-8-14-13-5-3-4-6-16(13)21-18(14)17(11)15-9-10-19-12(2)20-15;/h3-9H,1-2H3;. The first-order chi connectivity index (χ1) is 10.6. The van der Waals surface area contributed by atoms with Crippen molar-refractivity contribution < 1.29 is 4.42 Å². The molecule has 0 saturated carbocycles. The molecule has 2 aromatic heterocycles. The van der Waals surface area contributed by atoms with E-state index in [0.717, 1.165) is 67.1 Å². The number of furan rings is 1. The summed E-state index contributed by atoms with van der Waals surface area (Å²) in [7, 11) is 0. The van der Waals surface area contributed by atoms with Crippen LogP contribution >= 0.6 is 0 Å². The molecule has 0 unspecified atom stereocenters. The summed E-state index contributed by atoms with van der Waals surface area (Å²) >= 11 is 1.13. The van der Waals surface area contributed by atoms with E-state index in [9.17, 15) is 0 Å². The Morgan fingerprint density at radius 3 is 2.59 bits per heavy atom. The summed E-state index contributed by atoms with van der Waals surface area (Å²) < 4.78 is 7.23. The van der Waals surface area contributed by atoms with Crippen LogP contribution in [0.25, 0.3) is 33.2 Å². The summed E-state index contributed by atoms with van der Waals surface area (Å²) in [5.41, 5.74) is 5.03. The molecule has 0 amide bonds. The number of hydrogen-bond donors (Lipinski definition) is 0. The third-order valence-corrected chi connectivity index (χ3v) is 4.73. The molecule has 106 valence electrons. The number of aryl methyl sites for hydroxylation is 2. The third kappa shape index (κ3) is 2.14. The average Bonchev–Trinajstić information content (AvgIpc) is 2.84. The van der Waals surface area contributed by atoms with Crippen molar-refractivity contribution in [3.63, 3.8) is 0 Å². The van der Waals surface area contributed by atoms with E-state index in [-0.39, 0.29) is 0 Å². The van der Waals surface area contributed by atoms with Gasteiger partial charge in [-0.25, -0.2) is 0 Å². The Morgan fingerprint density at radius 1 is 0.955 bits per heavy atom. The fourth-order valence-corrected chi connectivity index (χ4v) is 3.92. The van der Waals surface area contributed by atoms with Gasteiger partial charge < -0.3 is 0 Å². The molecule has 2 aromatic carbocycles. The van der Waals surface area contributed by atoms with Crippen LogP contribution in [0.15, 0.2) is 46.9 Å². The van der Waals surface area contributed by atoms with E-state index in [2.05, 4.69) is 41.2 Å². The zero-order valence-corrected chi connectivity index (χ0v) is 15.8. The van der Waals surface area contributed by atoms with Crippen molar-refractivity contribution in [2.45, 2.75) is 13.8 Å². The first-order valence-electron chi connectivity index (χ1n) is 7.09. The number of fused-ring (bicyclic) bond motifs is 3. The average molecular weight is 482 g/mol. The minimum absolute atomic E-state index is 0.808. The summed E-state index contributed by atoms with van der Waals surface area (Å²) in [6, 6.07) is 14.5. The van der Waals surface area contributed by atoms with Crippen LogP contribution in [0, 0.1) is 13.8 Å². The van der Waals surface area contributed by atoms with Gasteiger partial charge in [0.15, 0.2) is 0 Å². The van der Waals surface area contributed by atoms with Crippen LogP contribution in [0.1, 0.15) is 11.4 Å². The molecule has 0 saturated heterocycles. The predicted molar refractivity (Wildman–Crippen MR) is 89.6 cm³/mol. The topological polar surface area (TPSA) is 38.9 Å². The van der Waals surface area contributed by atoms with E-state index in [4.69, 9.17) is 4.42 Å². The summed E-state index contributed by atoms with van der Waals surface area (Å²) in [5, 5.41) is 2.29. The Balaban J connectivity index is 2.14. The van der Waals surface area contributed by atoms with Gasteiger partial charge in [-0.3, -0.25) is 0 Å². The third-order valence-electron chi connectivity index (χ3n) is 3.84. The van der Waals surface area contributed by atoms with Gasteiger partial charge in [0.1, 0.15) is 0 Å². The minimum atomic E-state index is 0.808. The molecule has 22 heavy (non-hydrogen) atoms. The van der Waals surface area contributed by atoms with E-state index >= 15 is 0 Å². The molecule has 0 fully saturated rings. The van der Waals surface area contributed by atoms with Crippen molar-refractivity contribution in [3.05, 3.63) is 53.9 Å². The molecule has 2 radical (unpaired) electrons. The Hall–Kier alpha value is -1.80. The summed E-state index contributed by atoms with van der Waals surface area (Å²) in [4.78, 5) is 9.05. The first kappa shape index (κ1) is 13.8. The molecule has 2 heterocycles. The molecular formula is C18H13BiN2O. The van der Waals surface area contributed by atoms with E-state index in [1.807, 2.05) is 25.1 Å². The van der Waals surface area contributed by atoms with Crippen LogP contribution in [0.3, 0.4) is 0 Å². The Morgan fingerprint density at radius 2 is 1.77 bits per heavy atom. The second-order valence-electron chi connectivity index (χ2n) is 5.39. The maximum atomic E-state index is 6.15. The van der Waals surface area contributed by atoms with E-state index in [0.29, 0.717) is 0 Å². The Bertz CT molecular complexity index is 1000. The molecule has 4 heteroatoms. The van der Waals surface area contributed by atoms with Crippen molar-refractivity contribution in [2.24, 2.45) is 0 Å². The van der Waals surface area contributed by atoms with Crippen LogP contribution in [0.4, 0.5) is 0 Å². The molecule has 0 atom stereocenters. The van der Waals surface area contributed by atoms with Crippen molar-refractivity contribution >= 4 is 50.1 Å². The molecule has 3 nitrogen and oxygen atoms in total. The zero-order valence-electron chi connectivity index (χ0n) is 12.3. The van der Waals surface area contributed by atoms with Gasteiger partial charge in [0, 0.05) is 0 Å². The number of rotatable bonds is 1. The molecule has 0 N–H and O–H groups in total. The molecule has 0 aliphatic carbocycles. The van der Waals surface area contributed by atoms with Crippen molar-refractivity contribution in [1.82, 2.24) is 9.97 Å². The Labute approximate surface area is 143 Å². The first-order valence-corrected chi connectivity index (χ1v) is 8.83. The van der Waals surface area contributed by atoms with Crippen molar-refractivity contribution in [3.8, 4) is 11.3 Å². The van der Waals surface area contributed by atoms with Crippen LogP contribution in [0.2, 0.25) is 0 Å². The monoisotopic (exact) mass is 482 g/mol. The molecule has 4 aromatic rings. The summed E-state index contributed by atoms with van der Waals surface area (Å²) in [6.45, 7) is 4.04. The number of benzene rings is 2. The van der Waals surface area contributed by atoms with Gasteiger partial charge in [-0.15, -0.1) is 0 Å². The fourth-order valence-electron chi connectivity index (χ4n) is 2.89. The zero-order chi connectivity index (χ0) is 15.3. The molecule has 0 bridgehead atoms.